The largest absolute Gasteiger partial charge is 0.455 e. The first-order valence-corrected chi connectivity index (χ1v) is 19.8. The van der Waals surface area contributed by atoms with Gasteiger partial charge >= 0.3 is 0 Å². The van der Waals surface area contributed by atoms with Crippen molar-refractivity contribution in [1.82, 2.24) is 15.0 Å². The minimum absolute atomic E-state index is 0.580. The van der Waals surface area contributed by atoms with Gasteiger partial charge in [-0.25, -0.2) is 15.0 Å². The molecule has 276 valence electrons. The second kappa shape index (κ2) is 14.5. The van der Waals surface area contributed by atoms with Crippen molar-refractivity contribution in [2.45, 2.75) is 0 Å². The Morgan fingerprint density at radius 1 is 0.288 bits per heavy atom. The quantitative estimate of drug-likeness (QED) is 0.163. The highest BCUT2D eigenvalue weighted by Gasteiger charge is 2.21. The van der Waals surface area contributed by atoms with Crippen LogP contribution in [0.1, 0.15) is 0 Å². The van der Waals surface area contributed by atoms with Crippen molar-refractivity contribution in [3.63, 3.8) is 0 Å². The van der Waals surface area contributed by atoms with Gasteiger partial charge in [-0.3, -0.25) is 0 Å². The lowest BCUT2D eigenvalue weighted by Gasteiger charge is -2.11. The Kier molecular flexibility index (Phi) is 8.45. The van der Waals surface area contributed by atoms with E-state index >= 15 is 0 Å². The Labute approximate surface area is 341 Å². The van der Waals surface area contributed by atoms with Crippen LogP contribution in [0.3, 0.4) is 0 Å². The summed E-state index contributed by atoms with van der Waals surface area (Å²) in [6, 6.07) is 74.0. The van der Waals surface area contributed by atoms with Crippen LogP contribution < -0.4 is 0 Å². The van der Waals surface area contributed by atoms with Gasteiger partial charge in [0.25, 0.3) is 0 Å². The average molecular weight is 754 g/mol. The van der Waals surface area contributed by atoms with Crippen LogP contribution in [0.5, 0.6) is 0 Å². The molecule has 0 unspecified atom stereocenters. The number of nitrogens with zero attached hydrogens (tertiary/aromatic N) is 3. The average Bonchev–Trinajstić information content (AvgIpc) is 3.71. The lowest BCUT2D eigenvalue weighted by atomic mass is 9.93. The fourth-order valence-electron chi connectivity index (χ4n) is 8.24. The summed E-state index contributed by atoms with van der Waals surface area (Å²) < 4.78 is 6.80. The molecule has 11 rings (SSSR count). The van der Waals surface area contributed by atoms with Gasteiger partial charge in [0, 0.05) is 33.0 Å². The standard InChI is InChI=1S/C55H35N3O/c1-3-14-36(15-4-1)38-28-31-40(32-29-38)53-56-54(44-21-11-20-42(35-44)43-33-30-37-16-7-8-19-41(37)34-43)58-55(57-53)49-26-13-27-50-51(49)48-25-12-24-47(52(48)59-50)46-23-10-9-22-45(46)39-17-5-2-6-18-39/h1-35H. The maximum Gasteiger partial charge on any atom is 0.164 e. The molecule has 0 aliphatic carbocycles. The van der Waals surface area contributed by atoms with Crippen LogP contribution in [0.4, 0.5) is 0 Å². The van der Waals surface area contributed by atoms with Crippen molar-refractivity contribution >= 4 is 32.7 Å². The number of hydrogen-bond donors (Lipinski definition) is 0. The van der Waals surface area contributed by atoms with Gasteiger partial charge in [-0.05, 0) is 67.9 Å². The Morgan fingerprint density at radius 3 is 1.63 bits per heavy atom. The van der Waals surface area contributed by atoms with Gasteiger partial charge < -0.3 is 4.42 Å². The van der Waals surface area contributed by atoms with Crippen LogP contribution >= 0.6 is 0 Å². The molecule has 11 aromatic rings. The predicted octanol–water partition coefficient (Wildman–Crippen LogP) is 14.6. The lowest BCUT2D eigenvalue weighted by molar-refractivity contribution is 0.670. The van der Waals surface area contributed by atoms with E-state index in [1.54, 1.807) is 0 Å². The zero-order chi connectivity index (χ0) is 39.1. The number of hydrogen-bond acceptors (Lipinski definition) is 4. The highest BCUT2D eigenvalue weighted by Crippen LogP contribution is 2.43. The molecule has 0 aliphatic rings. The third-order valence-corrected chi connectivity index (χ3v) is 11.2. The Balaban J connectivity index is 1.09. The molecule has 0 amide bonds. The number of furan rings is 1. The fraction of sp³-hybridized carbons (Fsp3) is 0. The van der Waals surface area contributed by atoms with Crippen molar-refractivity contribution in [3.8, 4) is 78.7 Å². The normalized spacial score (nSPS) is 11.4. The zero-order valence-corrected chi connectivity index (χ0v) is 32.0. The zero-order valence-electron chi connectivity index (χ0n) is 32.0. The summed E-state index contributed by atoms with van der Waals surface area (Å²) in [5.41, 5.74) is 13.3. The Morgan fingerprint density at radius 2 is 0.814 bits per heavy atom. The summed E-state index contributed by atoms with van der Waals surface area (Å²) in [5, 5.41) is 4.39. The first-order valence-electron chi connectivity index (χ1n) is 19.8. The summed E-state index contributed by atoms with van der Waals surface area (Å²) in [5.74, 6) is 1.78. The van der Waals surface area contributed by atoms with E-state index in [0.717, 1.165) is 83.1 Å². The predicted molar refractivity (Wildman–Crippen MR) is 243 cm³/mol. The molecule has 0 bridgehead atoms. The van der Waals surface area contributed by atoms with Crippen molar-refractivity contribution in [2.75, 3.05) is 0 Å². The molecule has 4 heteroatoms. The van der Waals surface area contributed by atoms with E-state index < -0.39 is 0 Å². The molecular weight excluding hydrogens is 719 g/mol. The van der Waals surface area contributed by atoms with Crippen molar-refractivity contribution < 1.29 is 4.42 Å². The molecule has 59 heavy (non-hydrogen) atoms. The third kappa shape index (κ3) is 6.34. The van der Waals surface area contributed by atoms with Crippen LogP contribution in [0.15, 0.2) is 217 Å². The Bertz CT molecular complexity index is 3320. The monoisotopic (exact) mass is 753 g/mol. The molecule has 9 aromatic carbocycles. The molecule has 0 atom stereocenters. The summed E-state index contributed by atoms with van der Waals surface area (Å²) in [6.07, 6.45) is 0. The molecule has 2 heterocycles. The van der Waals surface area contributed by atoms with Gasteiger partial charge in [-0.1, -0.05) is 194 Å². The lowest BCUT2D eigenvalue weighted by Crippen LogP contribution is -2.00. The van der Waals surface area contributed by atoms with E-state index in [4.69, 9.17) is 19.4 Å². The molecule has 0 aliphatic heterocycles. The second-order valence-electron chi connectivity index (χ2n) is 14.8. The molecule has 0 spiro atoms. The van der Waals surface area contributed by atoms with Crippen molar-refractivity contribution in [3.05, 3.63) is 212 Å². The number of aromatic nitrogens is 3. The molecule has 0 fully saturated rings. The summed E-state index contributed by atoms with van der Waals surface area (Å²) in [7, 11) is 0. The van der Waals surface area contributed by atoms with E-state index in [9.17, 15) is 0 Å². The van der Waals surface area contributed by atoms with E-state index in [-0.39, 0.29) is 0 Å². The molecule has 0 radical (unpaired) electrons. The van der Waals surface area contributed by atoms with Gasteiger partial charge in [-0.15, -0.1) is 0 Å². The number of para-hydroxylation sites is 1. The van der Waals surface area contributed by atoms with Crippen LogP contribution in [-0.4, -0.2) is 15.0 Å². The maximum absolute atomic E-state index is 6.80. The number of rotatable bonds is 7. The second-order valence-corrected chi connectivity index (χ2v) is 14.8. The highest BCUT2D eigenvalue weighted by atomic mass is 16.3. The molecule has 0 saturated heterocycles. The number of benzene rings is 9. The Hall–Kier alpha value is -7.95. The third-order valence-electron chi connectivity index (χ3n) is 11.2. The topological polar surface area (TPSA) is 51.8 Å². The van der Waals surface area contributed by atoms with Gasteiger partial charge in [0.1, 0.15) is 11.2 Å². The van der Waals surface area contributed by atoms with Crippen LogP contribution in [-0.2, 0) is 0 Å². The fourth-order valence-corrected chi connectivity index (χ4v) is 8.24. The highest BCUT2D eigenvalue weighted by molar-refractivity contribution is 6.15. The van der Waals surface area contributed by atoms with E-state index in [1.807, 2.05) is 24.3 Å². The van der Waals surface area contributed by atoms with E-state index in [2.05, 4.69) is 188 Å². The molecule has 0 N–H and O–H groups in total. The van der Waals surface area contributed by atoms with Gasteiger partial charge in [0.05, 0.1) is 0 Å². The van der Waals surface area contributed by atoms with Crippen LogP contribution in [0, 0.1) is 0 Å². The van der Waals surface area contributed by atoms with E-state index in [0.29, 0.717) is 17.5 Å². The minimum atomic E-state index is 0.580. The van der Waals surface area contributed by atoms with Crippen LogP contribution in [0.25, 0.3) is 111 Å². The molecular formula is C55H35N3O. The molecule has 0 saturated carbocycles. The molecule has 4 nitrogen and oxygen atoms in total. The first kappa shape index (κ1) is 34.3. The molecule has 2 aromatic heterocycles. The summed E-state index contributed by atoms with van der Waals surface area (Å²) in [4.78, 5) is 15.6. The smallest absolute Gasteiger partial charge is 0.164 e. The summed E-state index contributed by atoms with van der Waals surface area (Å²) in [6.45, 7) is 0. The van der Waals surface area contributed by atoms with Crippen molar-refractivity contribution in [1.29, 1.82) is 0 Å². The minimum Gasteiger partial charge on any atom is -0.455 e. The summed E-state index contributed by atoms with van der Waals surface area (Å²) >= 11 is 0. The maximum atomic E-state index is 6.80. The van der Waals surface area contributed by atoms with Crippen molar-refractivity contribution in [2.24, 2.45) is 0 Å². The van der Waals surface area contributed by atoms with Gasteiger partial charge in [0.15, 0.2) is 17.5 Å². The van der Waals surface area contributed by atoms with Crippen LogP contribution in [0.2, 0.25) is 0 Å². The number of fused-ring (bicyclic) bond motifs is 4. The SMILES string of the molecule is c1ccc(-c2ccc(-c3nc(-c4cccc(-c5ccc6ccccc6c5)c4)nc(-c4cccc5oc6c(-c7ccccc7-c7ccccc7)cccc6c45)n3)cc2)cc1. The van der Waals surface area contributed by atoms with Gasteiger partial charge in [0.2, 0.25) is 0 Å². The van der Waals surface area contributed by atoms with E-state index in [1.165, 1.54) is 10.8 Å². The van der Waals surface area contributed by atoms with Gasteiger partial charge in [-0.2, -0.15) is 0 Å². The first-order chi connectivity index (χ1) is 29.2.